The Morgan fingerprint density at radius 1 is 1.31 bits per heavy atom. The van der Waals surface area contributed by atoms with Gasteiger partial charge in [0.25, 0.3) is 0 Å². The van der Waals surface area contributed by atoms with E-state index in [-0.39, 0.29) is 0 Å². The summed E-state index contributed by atoms with van der Waals surface area (Å²) in [4.78, 5) is 9.05. The number of nitrogens with one attached hydrogen (secondary N) is 1. The van der Waals surface area contributed by atoms with Crippen LogP contribution < -0.4 is 11.3 Å². The zero-order valence-corrected chi connectivity index (χ0v) is 10.7. The van der Waals surface area contributed by atoms with E-state index in [4.69, 9.17) is 5.84 Å². The number of rotatable bonds is 2. The fourth-order valence-corrected chi connectivity index (χ4v) is 2.24. The highest BCUT2D eigenvalue weighted by atomic mass is 127. The first kappa shape index (κ1) is 10.2. The maximum atomic E-state index is 5.51. The molecule has 0 amide bonds. The third kappa shape index (κ3) is 1.73. The summed E-state index contributed by atoms with van der Waals surface area (Å²) in [6, 6.07) is 6.11. The van der Waals surface area contributed by atoms with E-state index in [1.165, 1.54) is 12.8 Å². The number of hydrazine groups is 1. The van der Waals surface area contributed by atoms with Gasteiger partial charge in [0.05, 0.1) is 5.52 Å². The van der Waals surface area contributed by atoms with Gasteiger partial charge in [-0.05, 0) is 53.6 Å². The summed E-state index contributed by atoms with van der Waals surface area (Å²) in [6.07, 6.45) is 2.39. The van der Waals surface area contributed by atoms with Crippen molar-refractivity contribution in [1.82, 2.24) is 9.97 Å². The van der Waals surface area contributed by atoms with Gasteiger partial charge in [-0.1, -0.05) is 0 Å². The van der Waals surface area contributed by atoms with E-state index in [1.807, 2.05) is 18.2 Å². The highest BCUT2D eigenvalue weighted by Gasteiger charge is 2.27. The summed E-state index contributed by atoms with van der Waals surface area (Å²) in [6.45, 7) is 0. The van der Waals surface area contributed by atoms with Crippen LogP contribution in [0, 0.1) is 3.57 Å². The molecule has 0 saturated heterocycles. The minimum Gasteiger partial charge on any atom is -0.308 e. The largest absolute Gasteiger partial charge is 0.308 e. The smallest absolute Gasteiger partial charge is 0.151 e. The summed E-state index contributed by atoms with van der Waals surface area (Å²) in [5.41, 5.74) is 3.63. The van der Waals surface area contributed by atoms with Crippen molar-refractivity contribution in [1.29, 1.82) is 0 Å². The summed E-state index contributed by atoms with van der Waals surface area (Å²) >= 11 is 2.27. The van der Waals surface area contributed by atoms with Crippen LogP contribution in [-0.2, 0) is 0 Å². The maximum absolute atomic E-state index is 5.51. The highest BCUT2D eigenvalue weighted by molar-refractivity contribution is 14.1. The van der Waals surface area contributed by atoms with Crippen molar-refractivity contribution in [2.75, 3.05) is 5.43 Å². The molecule has 3 rings (SSSR count). The number of nitrogens with zero attached hydrogens (tertiary/aromatic N) is 2. The average molecular weight is 326 g/mol. The maximum Gasteiger partial charge on any atom is 0.151 e. The molecule has 1 fully saturated rings. The topological polar surface area (TPSA) is 63.8 Å². The lowest BCUT2D eigenvalue weighted by Crippen LogP contribution is -2.11. The van der Waals surface area contributed by atoms with Crippen LogP contribution in [0.2, 0.25) is 0 Å². The molecule has 5 heteroatoms. The molecule has 2 aromatic rings. The van der Waals surface area contributed by atoms with Gasteiger partial charge in [-0.2, -0.15) is 0 Å². The SMILES string of the molecule is NNc1nc(C2CC2)nc2ccc(I)cc12. The number of hydrogen-bond donors (Lipinski definition) is 2. The molecule has 0 aliphatic heterocycles. The molecular weight excluding hydrogens is 315 g/mol. The number of anilines is 1. The molecule has 1 heterocycles. The van der Waals surface area contributed by atoms with Crippen LogP contribution in [0.5, 0.6) is 0 Å². The molecule has 4 nitrogen and oxygen atoms in total. The van der Waals surface area contributed by atoms with Gasteiger partial charge in [-0.3, -0.25) is 0 Å². The third-order valence-corrected chi connectivity index (χ3v) is 3.43. The molecule has 1 aromatic carbocycles. The number of nitrogen functional groups attached to an aromatic ring is 1. The van der Waals surface area contributed by atoms with Crippen LogP contribution in [0.4, 0.5) is 5.82 Å². The van der Waals surface area contributed by atoms with Gasteiger partial charge >= 0.3 is 0 Å². The second-order valence-electron chi connectivity index (χ2n) is 4.01. The van der Waals surface area contributed by atoms with Crippen LogP contribution in [0.15, 0.2) is 18.2 Å². The lowest BCUT2D eigenvalue weighted by Gasteiger charge is -2.07. The number of nitrogens with two attached hydrogens (primary N) is 1. The molecule has 1 saturated carbocycles. The Labute approximate surface area is 107 Å². The van der Waals surface area contributed by atoms with E-state index < -0.39 is 0 Å². The lowest BCUT2D eigenvalue weighted by atomic mass is 10.2. The molecule has 0 bridgehead atoms. The molecule has 1 aromatic heterocycles. The summed E-state index contributed by atoms with van der Waals surface area (Å²) in [7, 11) is 0. The fourth-order valence-electron chi connectivity index (χ4n) is 1.75. The number of aromatic nitrogens is 2. The van der Waals surface area contributed by atoms with Crippen LogP contribution in [0.1, 0.15) is 24.6 Å². The molecule has 0 radical (unpaired) electrons. The van der Waals surface area contributed by atoms with Crippen LogP contribution in [0.25, 0.3) is 10.9 Å². The first-order valence-electron chi connectivity index (χ1n) is 5.22. The lowest BCUT2D eigenvalue weighted by molar-refractivity contribution is 0.946. The molecule has 0 unspecified atom stereocenters. The predicted octanol–water partition coefficient (Wildman–Crippen LogP) is 2.40. The van der Waals surface area contributed by atoms with Gasteiger partial charge in [0.2, 0.25) is 0 Å². The summed E-state index contributed by atoms with van der Waals surface area (Å²) in [5, 5.41) is 0.985. The Balaban J connectivity index is 2.25. The second kappa shape index (κ2) is 3.81. The first-order valence-corrected chi connectivity index (χ1v) is 6.29. The number of hydrogen-bond acceptors (Lipinski definition) is 4. The minimum absolute atomic E-state index is 0.538. The Morgan fingerprint density at radius 2 is 2.12 bits per heavy atom. The molecule has 82 valence electrons. The van der Waals surface area contributed by atoms with Gasteiger partial charge in [0.15, 0.2) is 5.82 Å². The van der Waals surface area contributed by atoms with E-state index in [0.717, 1.165) is 26.1 Å². The number of halogens is 1. The van der Waals surface area contributed by atoms with Crippen molar-refractivity contribution >= 4 is 39.3 Å². The van der Waals surface area contributed by atoms with Crippen LogP contribution in [-0.4, -0.2) is 9.97 Å². The van der Waals surface area contributed by atoms with Gasteiger partial charge in [0, 0.05) is 14.9 Å². The normalized spacial score (nSPS) is 15.4. The Bertz CT molecular complexity index is 551. The van der Waals surface area contributed by atoms with Crippen molar-refractivity contribution in [2.24, 2.45) is 5.84 Å². The minimum atomic E-state index is 0.538. The predicted molar refractivity (Wildman–Crippen MR) is 72.0 cm³/mol. The fraction of sp³-hybridized carbons (Fsp3) is 0.273. The van der Waals surface area contributed by atoms with Crippen LogP contribution in [0.3, 0.4) is 0 Å². The van der Waals surface area contributed by atoms with Gasteiger partial charge in [-0.25, -0.2) is 15.8 Å². The Hall–Kier alpha value is -0.950. The zero-order valence-electron chi connectivity index (χ0n) is 8.57. The molecule has 1 aliphatic rings. The summed E-state index contributed by atoms with van der Waals surface area (Å²) < 4.78 is 1.16. The van der Waals surface area contributed by atoms with E-state index in [9.17, 15) is 0 Å². The van der Waals surface area contributed by atoms with E-state index >= 15 is 0 Å². The van der Waals surface area contributed by atoms with E-state index in [1.54, 1.807) is 0 Å². The quantitative estimate of drug-likeness (QED) is 0.505. The highest BCUT2D eigenvalue weighted by Crippen LogP contribution is 2.39. The molecule has 1 aliphatic carbocycles. The van der Waals surface area contributed by atoms with Crippen molar-refractivity contribution < 1.29 is 0 Å². The summed E-state index contributed by atoms with van der Waals surface area (Å²) in [5.74, 6) is 7.70. The number of fused-ring (bicyclic) bond motifs is 1. The Morgan fingerprint density at radius 3 is 2.81 bits per heavy atom. The van der Waals surface area contributed by atoms with Crippen molar-refractivity contribution in [3.63, 3.8) is 0 Å². The van der Waals surface area contributed by atoms with Gasteiger partial charge in [0.1, 0.15) is 5.82 Å². The second-order valence-corrected chi connectivity index (χ2v) is 5.26. The molecular formula is C11H11IN4. The van der Waals surface area contributed by atoms with E-state index in [0.29, 0.717) is 5.92 Å². The van der Waals surface area contributed by atoms with Crippen molar-refractivity contribution in [3.05, 3.63) is 27.6 Å². The third-order valence-electron chi connectivity index (χ3n) is 2.75. The van der Waals surface area contributed by atoms with Gasteiger partial charge < -0.3 is 5.43 Å². The zero-order chi connectivity index (χ0) is 11.1. The first-order chi connectivity index (χ1) is 7.78. The van der Waals surface area contributed by atoms with E-state index in [2.05, 4.69) is 38.0 Å². The monoisotopic (exact) mass is 326 g/mol. The Kier molecular flexibility index (Phi) is 2.44. The van der Waals surface area contributed by atoms with Crippen molar-refractivity contribution in [2.45, 2.75) is 18.8 Å². The van der Waals surface area contributed by atoms with Crippen molar-refractivity contribution in [3.8, 4) is 0 Å². The van der Waals surface area contributed by atoms with Crippen LogP contribution >= 0.6 is 22.6 Å². The molecule has 0 spiro atoms. The molecule has 16 heavy (non-hydrogen) atoms. The molecule has 3 N–H and O–H groups in total. The standard InChI is InChI=1S/C11H11IN4/c12-7-3-4-9-8(5-7)11(16-13)15-10(14-9)6-1-2-6/h3-6H,1-2,13H2,(H,14,15,16). The number of benzene rings is 1. The molecule has 0 atom stereocenters. The average Bonchev–Trinajstić information content (AvgIpc) is 3.11. The van der Waals surface area contributed by atoms with Gasteiger partial charge in [-0.15, -0.1) is 0 Å².